The molecule has 0 aliphatic carbocycles. The minimum atomic E-state index is -0.764. The van der Waals surface area contributed by atoms with E-state index in [9.17, 15) is 14.4 Å². The van der Waals surface area contributed by atoms with Crippen molar-refractivity contribution in [1.82, 2.24) is 10.2 Å². The highest BCUT2D eigenvalue weighted by Gasteiger charge is 2.34. The van der Waals surface area contributed by atoms with E-state index in [4.69, 9.17) is 4.74 Å². The lowest BCUT2D eigenvalue weighted by Gasteiger charge is -2.34. The van der Waals surface area contributed by atoms with Gasteiger partial charge in [0, 0.05) is 13.1 Å². The third-order valence-electron chi connectivity index (χ3n) is 3.08. The number of carbonyl (C=O) groups excluding carboxylic acids is 3. The summed E-state index contributed by atoms with van der Waals surface area (Å²) in [5.41, 5.74) is 0. The Kier molecular flexibility index (Phi) is 6.98. The molecule has 2 amide bonds. The molecule has 7 heteroatoms. The predicted octanol–water partition coefficient (Wildman–Crippen LogP) is 0.688. The molecule has 0 saturated carbocycles. The topological polar surface area (TPSA) is 75.7 Å². The summed E-state index contributed by atoms with van der Waals surface area (Å²) in [5.74, 6) is -0.487. The number of piperazine rings is 1. The van der Waals surface area contributed by atoms with Crippen molar-refractivity contribution in [3.63, 3.8) is 0 Å². The molecule has 1 heterocycles. The highest BCUT2D eigenvalue weighted by molar-refractivity contribution is 9.09. The number of hydrogen-bond acceptors (Lipinski definition) is 4. The van der Waals surface area contributed by atoms with Gasteiger partial charge < -0.3 is 15.0 Å². The first-order valence-electron chi connectivity index (χ1n) is 6.74. The number of nitrogens with zero attached hydrogens (tertiary/aromatic N) is 1. The van der Waals surface area contributed by atoms with Crippen LogP contribution in [0.25, 0.3) is 0 Å². The van der Waals surface area contributed by atoms with Gasteiger partial charge in [-0.1, -0.05) is 29.8 Å². The van der Waals surface area contributed by atoms with Crippen LogP contribution in [0.3, 0.4) is 0 Å². The van der Waals surface area contributed by atoms with Crippen LogP contribution in [0, 0.1) is 5.92 Å². The second kappa shape index (κ2) is 8.24. The van der Waals surface area contributed by atoms with Gasteiger partial charge in [0.05, 0.1) is 18.4 Å². The maximum Gasteiger partial charge on any atom is 0.308 e. The molecule has 1 aliphatic heterocycles. The summed E-state index contributed by atoms with van der Waals surface area (Å²) >= 11 is 3.08. The SMILES string of the molecule is CC(C)CCOC(=O)CC1C(=O)NCCN1C(=O)CBr. The summed E-state index contributed by atoms with van der Waals surface area (Å²) in [6.07, 6.45) is 0.690. The van der Waals surface area contributed by atoms with Crippen LogP contribution in [0.4, 0.5) is 0 Å². The number of nitrogens with one attached hydrogen (secondary N) is 1. The molecule has 0 aromatic carbocycles. The van der Waals surface area contributed by atoms with E-state index in [0.29, 0.717) is 25.6 Å². The third-order valence-corrected chi connectivity index (χ3v) is 3.56. The van der Waals surface area contributed by atoms with Gasteiger partial charge in [-0.2, -0.15) is 0 Å². The number of carbonyl (C=O) groups is 3. The molecule has 1 rings (SSSR count). The van der Waals surface area contributed by atoms with Crippen LogP contribution in [0.5, 0.6) is 0 Å². The molecule has 0 spiro atoms. The Labute approximate surface area is 127 Å². The van der Waals surface area contributed by atoms with Crippen molar-refractivity contribution < 1.29 is 19.1 Å². The lowest BCUT2D eigenvalue weighted by atomic mass is 10.1. The number of hydrogen-bond donors (Lipinski definition) is 1. The van der Waals surface area contributed by atoms with Gasteiger partial charge in [-0.05, 0) is 12.3 Å². The second-order valence-corrected chi connectivity index (χ2v) is 5.70. The van der Waals surface area contributed by atoms with Crippen molar-refractivity contribution in [2.75, 3.05) is 25.0 Å². The van der Waals surface area contributed by atoms with E-state index in [2.05, 4.69) is 21.2 Å². The first-order chi connectivity index (χ1) is 9.45. The third kappa shape index (κ3) is 5.11. The first kappa shape index (κ1) is 16.9. The molecule has 1 unspecified atom stereocenters. The van der Waals surface area contributed by atoms with E-state index in [1.165, 1.54) is 4.90 Å². The van der Waals surface area contributed by atoms with E-state index < -0.39 is 12.0 Å². The molecule has 1 N–H and O–H groups in total. The summed E-state index contributed by atoms with van der Waals surface area (Å²) in [5, 5.41) is 2.80. The van der Waals surface area contributed by atoms with Crippen LogP contribution in [0.15, 0.2) is 0 Å². The fraction of sp³-hybridized carbons (Fsp3) is 0.769. The van der Waals surface area contributed by atoms with Crippen molar-refractivity contribution in [3.05, 3.63) is 0 Å². The van der Waals surface area contributed by atoms with Gasteiger partial charge in [0.25, 0.3) is 0 Å². The smallest absolute Gasteiger partial charge is 0.308 e. The van der Waals surface area contributed by atoms with Crippen LogP contribution in [-0.2, 0) is 19.1 Å². The van der Waals surface area contributed by atoms with Crippen molar-refractivity contribution in [2.45, 2.75) is 32.7 Å². The molecule has 0 aromatic rings. The van der Waals surface area contributed by atoms with Gasteiger partial charge in [0.2, 0.25) is 11.8 Å². The summed E-state index contributed by atoms with van der Waals surface area (Å²) < 4.78 is 5.10. The molecule has 0 bridgehead atoms. The predicted molar refractivity (Wildman–Crippen MR) is 77.3 cm³/mol. The second-order valence-electron chi connectivity index (χ2n) is 5.13. The minimum absolute atomic E-state index is 0.0946. The average molecular weight is 349 g/mol. The first-order valence-corrected chi connectivity index (χ1v) is 7.86. The van der Waals surface area contributed by atoms with E-state index in [0.717, 1.165) is 6.42 Å². The Balaban J connectivity index is 2.54. The maximum absolute atomic E-state index is 11.8. The molecule has 1 fully saturated rings. The van der Waals surface area contributed by atoms with E-state index >= 15 is 0 Å². The molecule has 0 aromatic heterocycles. The fourth-order valence-electron chi connectivity index (χ4n) is 1.92. The molecular formula is C13H21BrN2O4. The quantitative estimate of drug-likeness (QED) is 0.566. The molecule has 1 aliphatic rings. The summed E-state index contributed by atoms with van der Waals surface area (Å²) in [6, 6.07) is -0.764. The van der Waals surface area contributed by atoms with Gasteiger partial charge >= 0.3 is 5.97 Å². The molecule has 6 nitrogen and oxygen atoms in total. The molecule has 1 saturated heterocycles. The van der Waals surface area contributed by atoms with E-state index in [-0.39, 0.29) is 23.6 Å². The highest BCUT2D eigenvalue weighted by atomic mass is 79.9. The molecule has 1 atom stereocenters. The fourth-order valence-corrected chi connectivity index (χ4v) is 2.24. The van der Waals surface area contributed by atoms with Gasteiger partial charge in [-0.15, -0.1) is 0 Å². The Bertz CT molecular complexity index is 373. The lowest BCUT2D eigenvalue weighted by molar-refractivity contribution is -0.151. The Morgan fingerprint density at radius 1 is 1.50 bits per heavy atom. The minimum Gasteiger partial charge on any atom is -0.466 e. The highest BCUT2D eigenvalue weighted by Crippen LogP contribution is 2.11. The summed E-state index contributed by atoms with van der Waals surface area (Å²) in [4.78, 5) is 36.7. The van der Waals surface area contributed by atoms with Gasteiger partial charge in [-0.3, -0.25) is 14.4 Å². The van der Waals surface area contributed by atoms with Crippen LogP contribution in [0.2, 0.25) is 0 Å². The Hall–Kier alpha value is -1.11. The molecule has 0 radical (unpaired) electrons. The van der Waals surface area contributed by atoms with E-state index in [1.54, 1.807) is 0 Å². The van der Waals surface area contributed by atoms with Crippen molar-refractivity contribution in [2.24, 2.45) is 5.92 Å². The number of rotatable bonds is 6. The number of esters is 1. The number of ether oxygens (including phenoxy) is 1. The zero-order chi connectivity index (χ0) is 15.1. The van der Waals surface area contributed by atoms with Gasteiger partial charge in [0.15, 0.2) is 0 Å². The zero-order valence-corrected chi connectivity index (χ0v) is 13.4. The Morgan fingerprint density at radius 2 is 2.20 bits per heavy atom. The largest absolute Gasteiger partial charge is 0.466 e. The summed E-state index contributed by atoms with van der Waals surface area (Å²) in [7, 11) is 0. The molecular weight excluding hydrogens is 328 g/mol. The van der Waals surface area contributed by atoms with Crippen molar-refractivity contribution in [3.8, 4) is 0 Å². The normalized spacial score (nSPS) is 18.9. The van der Waals surface area contributed by atoms with Crippen LogP contribution in [0.1, 0.15) is 26.7 Å². The van der Waals surface area contributed by atoms with Gasteiger partial charge in [0.1, 0.15) is 6.04 Å². The maximum atomic E-state index is 11.8. The number of alkyl halides is 1. The van der Waals surface area contributed by atoms with Crippen molar-refractivity contribution >= 4 is 33.7 Å². The van der Waals surface area contributed by atoms with Gasteiger partial charge in [-0.25, -0.2) is 0 Å². The number of amides is 2. The summed E-state index contributed by atoms with van der Waals surface area (Å²) in [6.45, 7) is 5.26. The monoisotopic (exact) mass is 348 g/mol. The van der Waals surface area contributed by atoms with Crippen LogP contribution >= 0.6 is 15.9 Å². The molecule has 114 valence electrons. The lowest BCUT2D eigenvalue weighted by Crippen LogP contribution is -2.58. The molecule has 20 heavy (non-hydrogen) atoms. The Morgan fingerprint density at radius 3 is 2.80 bits per heavy atom. The zero-order valence-electron chi connectivity index (χ0n) is 11.9. The standard InChI is InChI=1S/C13H21BrN2O4/c1-9(2)3-6-20-12(18)7-10-13(19)15-4-5-16(10)11(17)8-14/h9-10H,3-8H2,1-2H3,(H,15,19). The number of halogens is 1. The van der Waals surface area contributed by atoms with Crippen molar-refractivity contribution in [1.29, 1.82) is 0 Å². The van der Waals surface area contributed by atoms with Crippen LogP contribution < -0.4 is 5.32 Å². The average Bonchev–Trinajstić information content (AvgIpc) is 2.39. The van der Waals surface area contributed by atoms with E-state index in [1.807, 2.05) is 13.8 Å². The van der Waals surface area contributed by atoms with Crippen LogP contribution in [-0.4, -0.2) is 53.8 Å².